The molecule has 0 heterocycles. The Morgan fingerprint density at radius 2 is 1.76 bits per heavy atom. The van der Waals surface area contributed by atoms with E-state index in [2.05, 4.69) is 11.4 Å². The Kier molecular flexibility index (Phi) is 6.71. The fourth-order valence-electron chi connectivity index (χ4n) is 2.41. The van der Waals surface area contributed by atoms with Crippen molar-refractivity contribution in [3.8, 4) is 11.5 Å². The number of carbonyl (C=O) groups is 1. The first kappa shape index (κ1) is 19.1. The molecule has 1 N–H and O–H groups in total. The van der Waals surface area contributed by atoms with E-state index in [0.717, 1.165) is 16.7 Å². The quantitative estimate of drug-likeness (QED) is 0.751. The number of hydrogen-bond acceptors (Lipinski definition) is 3. The molecule has 5 heteroatoms. The predicted octanol–water partition coefficient (Wildman–Crippen LogP) is 4.23. The standard InChI is InChI=1S/C20H24ClNO3/c1-13-9-14(2)11-18(10-13)25-16(4)20(23)22-7-8-24-17-6-5-15(3)19(21)12-17/h5-6,9-12,16H,7-8H2,1-4H3,(H,22,23). The summed E-state index contributed by atoms with van der Waals surface area (Å²) in [6.45, 7) is 8.42. The van der Waals surface area contributed by atoms with Gasteiger partial charge in [-0.05, 0) is 68.7 Å². The summed E-state index contributed by atoms with van der Waals surface area (Å²) >= 11 is 6.05. The van der Waals surface area contributed by atoms with Crippen LogP contribution in [0.3, 0.4) is 0 Å². The van der Waals surface area contributed by atoms with Crippen molar-refractivity contribution in [2.45, 2.75) is 33.8 Å². The molecule has 0 saturated carbocycles. The Bertz CT molecular complexity index is 725. The summed E-state index contributed by atoms with van der Waals surface area (Å²) in [5, 5.41) is 3.47. The summed E-state index contributed by atoms with van der Waals surface area (Å²) in [6.07, 6.45) is -0.574. The lowest BCUT2D eigenvalue weighted by atomic mass is 10.1. The fraction of sp³-hybridized carbons (Fsp3) is 0.350. The van der Waals surface area contributed by atoms with Gasteiger partial charge in [-0.15, -0.1) is 0 Å². The van der Waals surface area contributed by atoms with Crippen LogP contribution >= 0.6 is 11.6 Å². The summed E-state index contributed by atoms with van der Waals surface area (Å²) in [6, 6.07) is 11.4. The minimum absolute atomic E-state index is 0.176. The number of hydrogen-bond donors (Lipinski definition) is 1. The predicted molar refractivity (Wildman–Crippen MR) is 101 cm³/mol. The number of amides is 1. The van der Waals surface area contributed by atoms with Crippen molar-refractivity contribution in [1.82, 2.24) is 5.32 Å². The van der Waals surface area contributed by atoms with Gasteiger partial charge in [0.1, 0.15) is 18.1 Å². The van der Waals surface area contributed by atoms with E-state index in [1.165, 1.54) is 0 Å². The highest BCUT2D eigenvalue weighted by atomic mass is 35.5. The normalized spacial score (nSPS) is 11.7. The molecule has 0 aromatic heterocycles. The number of halogens is 1. The molecule has 1 unspecified atom stereocenters. The Morgan fingerprint density at radius 1 is 1.08 bits per heavy atom. The van der Waals surface area contributed by atoms with Crippen LogP contribution in [0, 0.1) is 20.8 Å². The highest BCUT2D eigenvalue weighted by Crippen LogP contribution is 2.21. The Labute approximate surface area is 154 Å². The van der Waals surface area contributed by atoms with E-state index in [-0.39, 0.29) is 5.91 Å². The van der Waals surface area contributed by atoms with Gasteiger partial charge in [0.2, 0.25) is 0 Å². The van der Waals surface area contributed by atoms with Crippen LogP contribution in [0.4, 0.5) is 0 Å². The van der Waals surface area contributed by atoms with Gasteiger partial charge in [-0.3, -0.25) is 4.79 Å². The summed E-state index contributed by atoms with van der Waals surface area (Å²) in [4.78, 5) is 12.1. The minimum atomic E-state index is -0.574. The summed E-state index contributed by atoms with van der Waals surface area (Å²) in [5.41, 5.74) is 3.21. The molecular weight excluding hydrogens is 338 g/mol. The van der Waals surface area contributed by atoms with Crippen molar-refractivity contribution in [2.24, 2.45) is 0 Å². The van der Waals surface area contributed by atoms with Gasteiger partial charge in [0.25, 0.3) is 5.91 Å². The molecule has 0 spiro atoms. The molecule has 1 amide bonds. The molecule has 0 radical (unpaired) electrons. The lowest BCUT2D eigenvalue weighted by Crippen LogP contribution is -2.38. The van der Waals surface area contributed by atoms with Crippen LogP contribution in [-0.4, -0.2) is 25.2 Å². The maximum atomic E-state index is 12.1. The minimum Gasteiger partial charge on any atom is -0.492 e. The molecule has 0 aliphatic heterocycles. The van der Waals surface area contributed by atoms with Gasteiger partial charge >= 0.3 is 0 Å². The molecular formula is C20H24ClNO3. The number of carbonyl (C=O) groups excluding carboxylic acids is 1. The van der Waals surface area contributed by atoms with Crippen molar-refractivity contribution in [3.05, 3.63) is 58.1 Å². The average molecular weight is 362 g/mol. The first-order valence-corrected chi connectivity index (χ1v) is 8.64. The molecule has 2 aromatic carbocycles. The summed E-state index contributed by atoms with van der Waals surface area (Å²) < 4.78 is 11.3. The second-order valence-corrected chi connectivity index (χ2v) is 6.54. The molecule has 134 valence electrons. The first-order chi connectivity index (χ1) is 11.8. The van der Waals surface area contributed by atoms with Crippen LogP contribution in [0.2, 0.25) is 5.02 Å². The number of nitrogens with one attached hydrogen (secondary N) is 1. The number of ether oxygens (including phenoxy) is 2. The van der Waals surface area contributed by atoms with E-state index in [9.17, 15) is 4.79 Å². The molecule has 0 fully saturated rings. The maximum Gasteiger partial charge on any atom is 0.260 e. The van der Waals surface area contributed by atoms with Crippen LogP contribution < -0.4 is 14.8 Å². The van der Waals surface area contributed by atoms with Crippen LogP contribution in [0.5, 0.6) is 11.5 Å². The van der Waals surface area contributed by atoms with Gasteiger partial charge in [-0.25, -0.2) is 0 Å². The molecule has 2 aromatic rings. The number of rotatable bonds is 7. The zero-order valence-corrected chi connectivity index (χ0v) is 15.8. The number of aryl methyl sites for hydroxylation is 3. The van der Waals surface area contributed by atoms with Crippen LogP contribution in [-0.2, 0) is 4.79 Å². The van der Waals surface area contributed by atoms with Crippen LogP contribution in [0.25, 0.3) is 0 Å². The highest BCUT2D eigenvalue weighted by Gasteiger charge is 2.14. The van der Waals surface area contributed by atoms with Gasteiger partial charge in [-0.1, -0.05) is 23.7 Å². The lowest BCUT2D eigenvalue weighted by molar-refractivity contribution is -0.127. The van der Waals surface area contributed by atoms with Gasteiger partial charge < -0.3 is 14.8 Å². The Hall–Kier alpha value is -2.20. The van der Waals surface area contributed by atoms with Crippen LogP contribution in [0.1, 0.15) is 23.6 Å². The van der Waals surface area contributed by atoms with E-state index in [1.807, 2.05) is 45.0 Å². The van der Waals surface area contributed by atoms with Crippen molar-refractivity contribution in [3.63, 3.8) is 0 Å². The zero-order chi connectivity index (χ0) is 18.4. The zero-order valence-electron chi connectivity index (χ0n) is 15.1. The van der Waals surface area contributed by atoms with Crippen molar-refractivity contribution < 1.29 is 14.3 Å². The SMILES string of the molecule is Cc1cc(C)cc(OC(C)C(=O)NCCOc2ccc(C)c(Cl)c2)c1. The third-order valence-electron chi connectivity index (χ3n) is 3.69. The third kappa shape index (κ3) is 5.98. The monoisotopic (exact) mass is 361 g/mol. The van der Waals surface area contributed by atoms with Gasteiger partial charge in [0.15, 0.2) is 6.10 Å². The molecule has 0 aliphatic carbocycles. The highest BCUT2D eigenvalue weighted by molar-refractivity contribution is 6.31. The van der Waals surface area contributed by atoms with Crippen LogP contribution in [0.15, 0.2) is 36.4 Å². The maximum absolute atomic E-state index is 12.1. The van der Waals surface area contributed by atoms with Gasteiger partial charge in [-0.2, -0.15) is 0 Å². The molecule has 0 aliphatic rings. The first-order valence-electron chi connectivity index (χ1n) is 8.27. The second kappa shape index (κ2) is 8.77. The topological polar surface area (TPSA) is 47.6 Å². The fourth-order valence-corrected chi connectivity index (χ4v) is 2.58. The lowest BCUT2D eigenvalue weighted by Gasteiger charge is -2.16. The molecule has 25 heavy (non-hydrogen) atoms. The molecule has 1 atom stereocenters. The molecule has 2 rings (SSSR count). The van der Waals surface area contributed by atoms with E-state index >= 15 is 0 Å². The summed E-state index contributed by atoms with van der Waals surface area (Å²) in [7, 11) is 0. The number of benzene rings is 2. The Balaban J connectivity index is 1.76. The van der Waals surface area contributed by atoms with E-state index in [0.29, 0.717) is 29.7 Å². The average Bonchev–Trinajstić information content (AvgIpc) is 2.53. The third-order valence-corrected chi connectivity index (χ3v) is 4.10. The molecule has 4 nitrogen and oxygen atoms in total. The second-order valence-electron chi connectivity index (χ2n) is 6.13. The van der Waals surface area contributed by atoms with Gasteiger partial charge in [0, 0.05) is 5.02 Å². The van der Waals surface area contributed by atoms with Crippen molar-refractivity contribution in [2.75, 3.05) is 13.2 Å². The Morgan fingerprint density at radius 3 is 2.40 bits per heavy atom. The summed E-state index contributed by atoms with van der Waals surface area (Å²) in [5.74, 6) is 1.21. The van der Waals surface area contributed by atoms with Crippen molar-refractivity contribution >= 4 is 17.5 Å². The van der Waals surface area contributed by atoms with E-state index < -0.39 is 6.10 Å². The largest absolute Gasteiger partial charge is 0.492 e. The van der Waals surface area contributed by atoms with E-state index in [1.54, 1.807) is 13.0 Å². The van der Waals surface area contributed by atoms with Gasteiger partial charge in [0.05, 0.1) is 6.54 Å². The van der Waals surface area contributed by atoms with Crippen molar-refractivity contribution in [1.29, 1.82) is 0 Å². The smallest absolute Gasteiger partial charge is 0.260 e. The molecule has 0 bridgehead atoms. The van der Waals surface area contributed by atoms with E-state index in [4.69, 9.17) is 21.1 Å². The molecule has 0 saturated heterocycles.